The van der Waals surface area contributed by atoms with E-state index in [2.05, 4.69) is 5.32 Å². The number of benzene rings is 2. The van der Waals surface area contributed by atoms with Crippen molar-refractivity contribution in [2.75, 3.05) is 39.1 Å². The van der Waals surface area contributed by atoms with Crippen molar-refractivity contribution in [3.8, 4) is 5.75 Å². The average Bonchev–Trinajstić information content (AvgIpc) is 2.68. The van der Waals surface area contributed by atoms with Gasteiger partial charge in [-0.3, -0.25) is 14.5 Å². The Morgan fingerprint density at radius 1 is 1.00 bits per heavy atom. The lowest BCUT2D eigenvalue weighted by Gasteiger charge is -2.23. The molecule has 0 aliphatic heterocycles. The highest BCUT2D eigenvalue weighted by Crippen LogP contribution is 2.14. The zero-order chi connectivity index (χ0) is 19.6. The van der Waals surface area contributed by atoms with Crippen molar-refractivity contribution in [3.63, 3.8) is 0 Å². The van der Waals surface area contributed by atoms with E-state index in [0.717, 1.165) is 11.3 Å². The van der Waals surface area contributed by atoms with Gasteiger partial charge in [-0.2, -0.15) is 0 Å². The van der Waals surface area contributed by atoms with E-state index in [1.165, 1.54) is 0 Å². The summed E-state index contributed by atoms with van der Waals surface area (Å²) in [6.07, 6.45) is 0. The minimum Gasteiger partial charge on any atom is -0.497 e. The fourth-order valence-corrected chi connectivity index (χ4v) is 2.61. The molecule has 0 heterocycles. The molecule has 144 valence electrons. The van der Waals surface area contributed by atoms with E-state index in [1.54, 1.807) is 43.3 Å². The summed E-state index contributed by atoms with van der Waals surface area (Å²) in [6, 6.07) is 17.0. The van der Waals surface area contributed by atoms with Crippen LogP contribution in [0.25, 0.3) is 0 Å². The van der Waals surface area contributed by atoms with Gasteiger partial charge in [0.2, 0.25) is 11.8 Å². The van der Waals surface area contributed by atoms with Crippen LogP contribution in [0.2, 0.25) is 0 Å². The Kier molecular flexibility index (Phi) is 7.82. The molecular weight excluding hydrogens is 342 g/mol. The van der Waals surface area contributed by atoms with Crippen LogP contribution in [0.1, 0.15) is 12.5 Å². The predicted octanol–water partition coefficient (Wildman–Crippen LogP) is 2.61. The molecule has 0 atom stereocenters. The second kappa shape index (κ2) is 10.3. The summed E-state index contributed by atoms with van der Waals surface area (Å²) in [7, 11) is 3.37. The Morgan fingerprint density at radius 3 is 2.26 bits per heavy atom. The number of nitrogens with zero attached hydrogens (tertiary/aromatic N) is 2. The summed E-state index contributed by atoms with van der Waals surface area (Å²) in [4.78, 5) is 28.2. The number of anilines is 1. The van der Waals surface area contributed by atoms with Gasteiger partial charge in [0.15, 0.2) is 0 Å². The number of amides is 2. The Labute approximate surface area is 160 Å². The number of likely N-dealkylation sites (N-methyl/N-ethyl adjacent to an activating group) is 2. The van der Waals surface area contributed by atoms with Gasteiger partial charge < -0.3 is 15.0 Å². The molecule has 0 saturated heterocycles. The van der Waals surface area contributed by atoms with Crippen LogP contribution < -0.4 is 10.1 Å². The van der Waals surface area contributed by atoms with Crippen molar-refractivity contribution in [3.05, 3.63) is 60.2 Å². The minimum absolute atomic E-state index is 0.0158. The molecule has 0 bridgehead atoms. The third-order valence-electron chi connectivity index (χ3n) is 4.24. The van der Waals surface area contributed by atoms with E-state index in [0.29, 0.717) is 18.8 Å². The number of rotatable bonds is 9. The van der Waals surface area contributed by atoms with Crippen molar-refractivity contribution in [2.45, 2.75) is 13.5 Å². The highest BCUT2D eigenvalue weighted by atomic mass is 16.5. The molecule has 0 fully saturated rings. The van der Waals surface area contributed by atoms with Crippen molar-refractivity contribution in [1.82, 2.24) is 9.80 Å². The molecular formula is C21H27N3O3. The number of nitrogens with one attached hydrogen (secondary N) is 1. The monoisotopic (exact) mass is 369 g/mol. The molecule has 1 N–H and O–H groups in total. The van der Waals surface area contributed by atoms with E-state index in [4.69, 9.17) is 4.74 Å². The molecule has 0 aliphatic carbocycles. The minimum atomic E-state index is -0.152. The third kappa shape index (κ3) is 6.75. The van der Waals surface area contributed by atoms with E-state index >= 15 is 0 Å². The molecule has 0 aliphatic rings. The third-order valence-corrected chi connectivity index (χ3v) is 4.24. The van der Waals surface area contributed by atoms with E-state index in [9.17, 15) is 9.59 Å². The van der Waals surface area contributed by atoms with Crippen molar-refractivity contribution in [1.29, 1.82) is 0 Å². The second-order valence-corrected chi connectivity index (χ2v) is 6.32. The van der Waals surface area contributed by atoms with Gasteiger partial charge in [-0.05, 0) is 36.4 Å². The van der Waals surface area contributed by atoms with Crippen LogP contribution in [0.15, 0.2) is 54.6 Å². The zero-order valence-corrected chi connectivity index (χ0v) is 16.1. The van der Waals surface area contributed by atoms with Gasteiger partial charge >= 0.3 is 0 Å². The van der Waals surface area contributed by atoms with Crippen LogP contribution in [0, 0.1) is 0 Å². The lowest BCUT2D eigenvalue weighted by molar-refractivity contribution is -0.132. The molecule has 6 heteroatoms. The molecule has 0 unspecified atom stereocenters. The van der Waals surface area contributed by atoms with Gasteiger partial charge in [-0.1, -0.05) is 37.3 Å². The summed E-state index contributed by atoms with van der Waals surface area (Å²) in [6.45, 7) is 3.46. The van der Waals surface area contributed by atoms with Gasteiger partial charge in [0.25, 0.3) is 0 Å². The number of carbonyl (C=O) groups excluding carboxylic acids is 2. The second-order valence-electron chi connectivity index (χ2n) is 6.32. The largest absolute Gasteiger partial charge is 0.497 e. The quantitative estimate of drug-likeness (QED) is 0.738. The van der Waals surface area contributed by atoms with E-state index in [-0.39, 0.29) is 24.9 Å². The first-order valence-electron chi connectivity index (χ1n) is 8.96. The van der Waals surface area contributed by atoms with Crippen LogP contribution in [-0.2, 0) is 16.1 Å². The Morgan fingerprint density at radius 2 is 1.67 bits per heavy atom. The number of hydrogen-bond acceptors (Lipinski definition) is 4. The van der Waals surface area contributed by atoms with Gasteiger partial charge in [0, 0.05) is 19.3 Å². The van der Waals surface area contributed by atoms with Gasteiger partial charge in [-0.15, -0.1) is 0 Å². The number of hydrogen-bond donors (Lipinski definition) is 1. The number of carbonyl (C=O) groups is 2. The first kappa shape index (κ1) is 20.5. The van der Waals surface area contributed by atoms with Crippen molar-refractivity contribution in [2.24, 2.45) is 0 Å². The first-order chi connectivity index (χ1) is 13.0. The van der Waals surface area contributed by atoms with Crippen LogP contribution in [0.5, 0.6) is 5.75 Å². The molecule has 0 radical (unpaired) electrons. The average molecular weight is 369 g/mol. The Balaban J connectivity index is 1.84. The molecule has 0 aromatic heterocycles. The van der Waals surface area contributed by atoms with Gasteiger partial charge in [-0.25, -0.2) is 0 Å². The summed E-state index contributed by atoms with van der Waals surface area (Å²) in [5, 5.41) is 2.84. The molecule has 0 spiro atoms. The molecule has 2 aromatic carbocycles. The molecule has 0 saturated carbocycles. The Bertz CT molecular complexity index is 732. The van der Waals surface area contributed by atoms with Crippen molar-refractivity contribution < 1.29 is 14.3 Å². The normalized spacial score (nSPS) is 10.5. The fraction of sp³-hybridized carbons (Fsp3) is 0.333. The summed E-state index contributed by atoms with van der Waals surface area (Å²) in [5.74, 6) is 0.564. The number of methoxy groups -OCH3 is 1. The standard InChI is InChI=1S/C21H27N3O3/c1-4-24(15-20(25)22-18-10-12-19(27-3)13-11-18)16-21(26)23(2)14-17-8-6-5-7-9-17/h5-13H,4,14-16H2,1-3H3,(H,22,25). The maximum Gasteiger partial charge on any atom is 0.238 e. The van der Waals surface area contributed by atoms with Crippen LogP contribution in [0.3, 0.4) is 0 Å². The highest BCUT2D eigenvalue weighted by Gasteiger charge is 2.16. The molecule has 2 aromatic rings. The lowest BCUT2D eigenvalue weighted by atomic mass is 10.2. The fourth-order valence-electron chi connectivity index (χ4n) is 2.61. The lowest BCUT2D eigenvalue weighted by Crippen LogP contribution is -2.41. The molecule has 6 nitrogen and oxygen atoms in total. The predicted molar refractivity (Wildman–Crippen MR) is 107 cm³/mol. The van der Waals surface area contributed by atoms with Gasteiger partial charge in [0.05, 0.1) is 20.2 Å². The van der Waals surface area contributed by atoms with Crippen LogP contribution >= 0.6 is 0 Å². The first-order valence-corrected chi connectivity index (χ1v) is 8.96. The van der Waals surface area contributed by atoms with Gasteiger partial charge in [0.1, 0.15) is 5.75 Å². The summed E-state index contributed by atoms with van der Waals surface area (Å²) in [5.41, 5.74) is 1.78. The summed E-state index contributed by atoms with van der Waals surface area (Å²) < 4.78 is 5.10. The molecule has 27 heavy (non-hydrogen) atoms. The summed E-state index contributed by atoms with van der Waals surface area (Å²) >= 11 is 0. The maximum atomic E-state index is 12.5. The Hall–Kier alpha value is -2.86. The smallest absolute Gasteiger partial charge is 0.238 e. The zero-order valence-electron chi connectivity index (χ0n) is 16.1. The number of ether oxygens (including phenoxy) is 1. The van der Waals surface area contributed by atoms with Crippen molar-refractivity contribution >= 4 is 17.5 Å². The maximum absolute atomic E-state index is 12.5. The topological polar surface area (TPSA) is 61.9 Å². The SMILES string of the molecule is CCN(CC(=O)Nc1ccc(OC)cc1)CC(=O)N(C)Cc1ccccc1. The molecule has 2 rings (SSSR count). The molecule has 2 amide bonds. The van der Waals surface area contributed by atoms with Crippen LogP contribution in [0.4, 0.5) is 5.69 Å². The highest BCUT2D eigenvalue weighted by molar-refractivity contribution is 5.92. The van der Waals surface area contributed by atoms with E-state index < -0.39 is 0 Å². The van der Waals surface area contributed by atoms with Crippen LogP contribution in [-0.4, -0.2) is 55.4 Å². The van der Waals surface area contributed by atoms with E-state index in [1.807, 2.05) is 42.2 Å².